The maximum Gasteiger partial charge on any atom is 0.181 e. The number of rotatable bonds is 4. The maximum atomic E-state index is 10.1. The molecule has 2 aromatic rings. The van der Waals surface area contributed by atoms with Crippen molar-refractivity contribution in [1.29, 1.82) is 0 Å². The van der Waals surface area contributed by atoms with Gasteiger partial charge in [-0.2, -0.15) is 0 Å². The fraction of sp³-hybridized carbons (Fsp3) is 0.333. The Morgan fingerprint density at radius 3 is 2.15 bits per heavy atom. The number of hydrogen-bond donors (Lipinski definition) is 1. The van der Waals surface area contributed by atoms with E-state index in [1.807, 2.05) is 32.0 Å². The van der Waals surface area contributed by atoms with E-state index in [1.165, 1.54) is 11.1 Å². The van der Waals surface area contributed by atoms with Crippen LogP contribution >= 0.6 is 0 Å². The highest BCUT2D eigenvalue weighted by molar-refractivity contribution is 5.30. The molecule has 1 N–H and O–H groups in total. The van der Waals surface area contributed by atoms with Crippen molar-refractivity contribution in [2.24, 2.45) is 0 Å². The highest BCUT2D eigenvalue weighted by atomic mass is 16.6. The topological polar surface area (TPSA) is 29.5 Å². The number of ether oxygens (including phenoxy) is 1. The van der Waals surface area contributed by atoms with E-state index in [4.69, 9.17) is 4.74 Å². The van der Waals surface area contributed by atoms with Crippen LogP contribution in [-0.2, 0) is 11.3 Å². The third-order valence-corrected chi connectivity index (χ3v) is 3.51. The number of aliphatic hydroxyl groups excluding tert-OH is 1. The van der Waals surface area contributed by atoms with Crippen LogP contribution in [-0.4, -0.2) is 5.11 Å². The van der Waals surface area contributed by atoms with Crippen LogP contribution < -0.4 is 0 Å². The van der Waals surface area contributed by atoms with E-state index in [0.29, 0.717) is 6.61 Å². The number of aliphatic hydroxyl groups is 1. The second kappa shape index (κ2) is 6.21. The Hall–Kier alpha value is -1.64. The Bertz CT molecular complexity index is 582. The molecule has 2 heteroatoms. The molecule has 1 atom stereocenters. The summed E-state index contributed by atoms with van der Waals surface area (Å²) in [6.07, 6.45) is -0.879. The molecule has 0 heterocycles. The minimum Gasteiger partial charge on any atom is -0.364 e. The average molecular weight is 270 g/mol. The van der Waals surface area contributed by atoms with E-state index in [1.54, 1.807) is 0 Å². The molecule has 0 aliphatic heterocycles. The largest absolute Gasteiger partial charge is 0.364 e. The zero-order chi connectivity index (χ0) is 14.7. The van der Waals surface area contributed by atoms with Gasteiger partial charge in [-0.1, -0.05) is 47.5 Å². The van der Waals surface area contributed by atoms with Crippen molar-refractivity contribution in [2.45, 2.75) is 40.6 Å². The Balaban J connectivity index is 2.04. The molecule has 0 aromatic heterocycles. The van der Waals surface area contributed by atoms with Crippen molar-refractivity contribution in [1.82, 2.24) is 0 Å². The highest BCUT2D eigenvalue weighted by Crippen LogP contribution is 2.20. The average Bonchev–Trinajstić information content (AvgIpc) is 2.38. The van der Waals surface area contributed by atoms with Gasteiger partial charge in [0.1, 0.15) is 0 Å². The lowest BCUT2D eigenvalue weighted by molar-refractivity contribution is -0.112. The van der Waals surface area contributed by atoms with Crippen molar-refractivity contribution in [3.05, 3.63) is 69.8 Å². The Morgan fingerprint density at radius 1 is 0.900 bits per heavy atom. The monoisotopic (exact) mass is 270 g/mol. The summed E-state index contributed by atoms with van der Waals surface area (Å²) in [4.78, 5) is 0. The molecule has 2 aromatic carbocycles. The van der Waals surface area contributed by atoms with Crippen LogP contribution in [0.4, 0.5) is 0 Å². The molecule has 0 fully saturated rings. The Labute approximate surface area is 121 Å². The number of aryl methyl sites for hydroxylation is 4. The summed E-state index contributed by atoms with van der Waals surface area (Å²) in [7, 11) is 0. The summed E-state index contributed by atoms with van der Waals surface area (Å²) in [5.41, 5.74) is 6.67. The lowest BCUT2D eigenvalue weighted by Gasteiger charge is -2.14. The molecule has 0 aliphatic rings. The van der Waals surface area contributed by atoms with Crippen molar-refractivity contribution in [2.75, 3.05) is 0 Å². The molecule has 1 unspecified atom stereocenters. The lowest BCUT2D eigenvalue weighted by atomic mass is 10.1. The van der Waals surface area contributed by atoms with Crippen LogP contribution in [0.2, 0.25) is 0 Å². The van der Waals surface area contributed by atoms with E-state index in [9.17, 15) is 5.11 Å². The summed E-state index contributed by atoms with van der Waals surface area (Å²) in [5, 5.41) is 10.1. The normalized spacial score (nSPS) is 12.4. The Morgan fingerprint density at radius 2 is 1.55 bits per heavy atom. The van der Waals surface area contributed by atoms with E-state index in [0.717, 1.165) is 22.3 Å². The predicted molar refractivity (Wildman–Crippen MR) is 81.6 cm³/mol. The van der Waals surface area contributed by atoms with Gasteiger partial charge in [0.25, 0.3) is 0 Å². The molecule has 0 saturated carbocycles. The van der Waals surface area contributed by atoms with E-state index < -0.39 is 6.29 Å². The first kappa shape index (κ1) is 14.8. The third-order valence-electron chi connectivity index (χ3n) is 3.51. The Kier molecular flexibility index (Phi) is 4.58. The second-order valence-corrected chi connectivity index (χ2v) is 5.50. The molecule has 0 bridgehead atoms. The van der Waals surface area contributed by atoms with E-state index in [2.05, 4.69) is 32.0 Å². The van der Waals surface area contributed by atoms with Crippen molar-refractivity contribution >= 4 is 0 Å². The summed E-state index contributed by atoms with van der Waals surface area (Å²) in [6.45, 7) is 8.62. The first-order chi connectivity index (χ1) is 9.45. The number of benzene rings is 2. The van der Waals surface area contributed by atoms with Crippen LogP contribution in [0, 0.1) is 27.7 Å². The van der Waals surface area contributed by atoms with Crippen LogP contribution in [0.25, 0.3) is 0 Å². The minimum atomic E-state index is -0.879. The first-order valence-electron chi connectivity index (χ1n) is 6.89. The molecule has 2 nitrogen and oxygen atoms in total. The summed E-state index contributed by atoms with van der Waals surface area (Å²) >= 11 is 0. The first-order valence-corrected chi connectivity index (χ1v) is 6.89. The van der Waals surface area contributed by atoms with Gasteiger partial charge in [0.05, 0.1) is 6.61 Å². The molecular weight excluding hydrogens is 248 g/mol. The summed E-state index contributed by atoms with van der Waals surface area (Å²) < 4.78 is 5.57. The molecule has 2 rings (SSSR count). The zero-order valence-corrected chi connectivity index (χ0v) is 12.6. The molecule has 0 aliphatic carbocycles. The molecule has 106 valence electrons. The molecule has 0 radical (unpaired) electrons. The van der Waals surface area contributed by atoms with Gasteiger partial charge < -0.3 is 9.84 Å². The van der Waals surface area contributed by atoms with E-state index >= 15 is 0 Å². The minimum absolute atomic E-state index is 0.412. The fourth-order valence-electron chi connectivity index (χ4n) is 2.32. The maximum absolute atomic E-state index is 10.1. The van der Waals surface area contributed by atoms with Gasteiger partial charge in [-0.15, -0.1) is 0 Å². The molecule has 0 amide bonds. The quantitative estimate of drug-likeness (QED) is 0.846. The van der Waals surface area contributed by atoms with Crippen LogP contribution in [0.3, 0.4) is 0 Å². The van der Waals surface area contributed by atoms with Gasteiger partial charge in [-0.05, 0) is 44.4 Å². The van der Waals surface area contributed by atoms with Gasteiger partial charge in [0.15, 0.2) is 6.29 Å². The molecule has 0 spiro atoms. The van der Waals surface area contributed by atoms with Crippen molar-refractivity contribution in [3.63, 3.8) is 0 Å². The molecule has 20 heavy (non-hydrogen) atoms. The van der Waals surface area contributed by atoms with Crippen molar-refractivity contribution < 1.29 is 9.84 Å². The fourth-order valence-corrected chi connectivity index (χ4v) is 2.32. The smallest absolute Gasteiger partial charge is 0.181 e. The third kappa shape index (κ3) is 3.69. The van der Waals surface area contributed by atoms with Gasteiger partial charge >= 0.3 is 0 Å². The van der Waals surface area contributed by atoms with Gasteiger partial charge in [-0.3, -0.25) is 0 Å². The second-order valence-electron chi connectivity index (χ2n) is 5.50. The SMILES string of the molecule is Cc1cc(C)cc(C(O)OCc2ccc(C)c(C)c2)c1. The van der Waals surface area contributed by atoms with Gasteiger partial charge in [0, 0.05) is 5.56 Å². The van der Waals surface area contributed by atoms with Crippen LogP contribution in [0.1, 0.15) is 39.7 Å². The molecular formula is C18H22O2. The predicted octanol–water partition coefficient (Wildman–Crippen LogP) is 4.13. The van der Waals surface area contributed by atoms with Crippen molar-refractivity contribution in [3.8, 4) is 0 Å². The van der Waals surface area contributed by atoms with Gasteiger partial charge in [0.2, 0.25) is 0 Å². The highest BCUT2D eigenvalue weighted by Gasteiger charge is 2.09. The van der Waals surface area contributed by atoms with Crippen LogP contribution in [0.5, 0.6) is 0 Å². The lowest BCUT2D eigenvalue weighted by Crippen LogP contribution is -2.04. The van der Waals surface area contributed by atoms with Crippen LogP contribution in [0.15, 0.2) is 36.4 Å². The molecule has 0 saturated heterocycles. The van der Waals surface area contributed by atoms with Gasteiger partial charge in [-0.25, -0.2) is 0 Å². The summed E-state index contributed by atoms with van der Waals surface area (Å²) in [6, 6.07) is 12.2. The standard InChI is InChI=1S/C18H22O2/c1-12-7-13(2)9-17(8-12)18(19)20-11-16-6-5-14(3)15(4)10-16/h5-10,18-19H,11H2,1-4H3. The van der Waals surface area contributed by atoms with E-state index in [-0.39, 0.29) is 0 Å². The number of hydrogen-bond acceptors (Lipinski definition) is 2. The summed E-state index contributed by atoms with van der Waals surface area (Å²) in [5.74, 6) is 0. The zero-order valence-electron chi connectivity index (χ0n) is 12.6.